The summed E-state index contributed by atoms with van der Waals surface area (Å²) in [4.78, 5) is 4.26. The highest BCUT2D eigenvalue weighted by Crippen LogP contribution is 2.18. The molecule has 1 aromatic carbocycles. The molecule has 1 unspecified atom stereocenters. The molecular weight excluding hydrogens is 204 g/mol. The Bertz CT molecular complexity index is 432. The highest BCUT2D eigenvalue weighted by Gasteiger charge is 2.10. The summed E-state index contributed by atoms with van der Waals surface area (Å²) < 4.78 is 5.46. The summed E-state index contributed by atoms with van der Waals surface area (Å²) in [5.41, 5.74) is 1.58. The van der Waals surface area contributed by atoms with Crippen LogP contribution in [0.15, 0.2) is 28.7 Å². The average Bonchev–Trinajstić information content (AvgIpc) is 2.68. The van der Waals surface area contributed by atoms with Crippen LogP contribution in [0.2, 0.25) is 0 Å². The Hall–Kier alpha value is -1.55. The first-order valence-electron chi connectivity index (χ1n) is 5.44. The Morgan fingerprint density at radius 3 is 2.81 bits per heavy atom. The molecule has 0 bridgehead atoms. The molecule has 0 spiro atoms. The van der Waals surface area contributed by atoms with Crippen molar-refractivity contribution in [3.8, 4) is 0 Å². The molecule has 4 heteroatoms. The number of benzene rings is 1. The molecule has 0 radical (unpaired) electrons. The van der Waals surface area contributed by atoms with E-state index in [0.717, 1.165) is 11.1 Å². The second kappa shape index (κ2) is 4.53. The number of anilines is 1. The predicted molar refractivity (Wildman–Crippen MR) is 63.3 cm³/mol. The van der Waals surface area contributed by atoms with E-state index in [0.29, 0.717) is 12.6 Å². The molecule has 16 heavy (non-hydrogen) atoms. The lowest BCUT2D eigenvalue weighted by Crippen LogP contribution is -2.24. The molecule has 4 nitrogen and oxygen atoms in total. The molecule has 0 fully saturated rings. The third kappa shape index (κ3) is 2.33. The van der Waals surface area contributed by atoms with Gasteiger partial charge in [0, 0.05) is 6.54 Å². The van der Waals surface area contributed by atoms with Gasteiger partial charge in [-0.15, -0.1) is 0 Å². The van der Waals surface area contributed by atoms with E-state index in [9.17, 15) is 5.11 Å². The highest BCUT2D eigenvalue weighted by atomic mass is 16.4. The third-order valence-corrected chi connectivity index (χ3v) is 2.53. The fraction of sp³-hybridized carbons (Fsp3) is 0.417. The van der Waals surface area contributed by atoms with Crippen LogP contribution in [0.3, 0.4) is 0 Å². The first-order valence-corrected chi connectivity index (χ1v) is 5.44. The van der Waals surface area contributed by atoms with Gasteiger partial charge >= 0.3 is 0 Å². The molecule has 0 saturated heterocycles. The second-order valence-corrected chi connectivity index (χ2v) is 4.18. The molecule has 0 aliphatic carbocycles. The van der Waals surface area contributed by atoms with E-state index in [2.05, 4.69) is 10.3 Å². The lowest BCUT2D eigenvalue weighted by molar-refractivity contribution is 0.137. The number of hydrogen-bond donors (Lipinski definition) is 2. The zero-order valence-electron chi connectivity index (χ0n) is 9.47. The van der Waals surface area contributed by atoms with Gasteiger partial charge in [-0.1, -0.05) is 26.0 Å². The van der Waals surface area contributed by atoms with Gasteiger partial charge in [0.05, 0.1) is 6.10 Å². The number of aromatic nitrogens is 1. The lowest BCUT2D eigenvalue weighted by Gasteiger charge is -2.13. The molecule has 2 N–H and O–H groups in total. The minimum absolute atomic E-state index is 0.219. The molecule has 0 aliphatic rings. The SMILES string of the molecule is CC(C)C(O)CNc1nc2ccccc2o1. The van der Waals surface area contributed by atoms with Crippen molar-refractivity contribution in [2.45, 2.75) is 20.0 Å². The first-order chi connectivity index (χ1) is 7.66. The van der Waals surface area contributed by atoms with Gasteiger partial charge in [-0.3, -0.25) is 0 Å². The molecule has 1 aromatic heterocycles. The van der Waals surface area contributed by atoms with Crippen molar-refractivity contribution < 1.29 is 9.52 Å². The maximum Gasteiger partial charge on any atom is 0.295 e. The van der Waals surface area contributed by atoms with E-state index in [1.807, 2.05) is 38.1 Å². The van der Waals surface area contributed by atoms with Crippen LogP contribution in [0.1, 0.15) is 13.8 Å². The summed E-state index contributed by atoms with van der Waals surface area (Å²) >= 11 is 0. The average molecular weight is 220 g/mol. The highest BCUT2D eigenvalue weighted by molar-refractivity contribution is 5.74. The van der Waals surface area contributed by atoms with E-state index in [4.69, 9.17) is 4.42 Å². The second-order valence-electron chi connectivity index (χ2n) is 4.18. The number of aliphatic hydroxyl groups excluding tert-OH is 1. The summed E-state index contributed by atoms with van der Waals surface area (Å²) in [5, 5.41) is 12.6. The van der Waals surface area contributed by atoms with Gasteiger partial charge in [-0.2, -0.15) is 4.98 Å². The molecule has 86 valence electrons. The summed E-state index contributed by atoms with van der Waals surface area (Å²) in [6.45, 7) is 4.39. The smallest absolute Gasteiger partial charge is 0.295 e. The minimum Gasteiger partial charge on any atom is -0.424 e. The van der Waals surface area contributed by atoms with E-state index in [1.165, 1.54) is 0 Å². The van der Waals surface area contributed by atoms with Crippen molar-refractivity contribution in [1.29, 1.82) is 0 Å². The van der Waals surface area contributed by atoms with Gasteiger partial charge in [0.1, 0.15) is 5.52 Å². The first kappa shape index (κ1) is 11.0. The van der Waals surface area contributed by atoms with Crippen molar-refractivity contribution in [2.24, 2.45) is 5.92 Å². The molecule has 0 saturated carbocycles. The van der Waals surface area contributed by atoms with Gasteiger partial charge in [-0.05, 0) is 18.1 Å². The molecule has 0 amide bonds. The van der Waals surface area contributed by atoms with E-state index >= 15 is 0 Å². The number of hydrogen-bond acceptors (Lipinski definition) is 4. The van der Waals surface area contributed by atoms with Gasteiger partial charge in [0.2, 0.25) is 0 Å². The lowest BCUT2D eigenvalue weighted by atomic mass is 10.1. The fourth-order valence-electron chi connectivity index (χ4n) is 1.38. The Kier molecular flexibility index (Phi) is 3.10. The van der Waals surface area contributed by atoms with Gasteiger partial charge in [0.25, 0.3) is 6.01 Å². The number of nitrogens with zero attached hydrogens (tertiary/aromatic N) is 1. The van der Waals surface area contributed by atoms with Crippen LogP contribution in [0.4, 0.5) is 6.01 Å². The normalized spacial score (nSPS) is 13.2. The van der Waals surface area contributed by atoms with Crippen molar-refractivity contribution in [2.75, 3.05) is 11.9 Å². The number of para-hydroxylation sites is 2. The Labute approximate surface area is 94.3 Å². The Morgan fingerprint density at radius 2 is 2.12 bits per heavy atom. The largest absolute Gasteiger partial charge is 0.424 e. The maximum absolute atomic E-state index is 9.63. The number of oxazole rings is 1. The molecule has 1 atom stereocenters. The number of rotatable bonds is 4. The Balaban J connectivity index is 2.05. The zero-order valence-corrected chi connectivity index (χ0v) is 9.47. The van der Waals surface area contributed by atoms with Crippen LogP contribution < -0.4 is 5.32 Å². The topological polar surface area (TPSA) is 58.3 Å². The summed E-state index contributed by atoms with van der Waals surface area (Å²) in [6.07, 6.45) is -0.394. The summed E-state index contributed by atoms with van der Waals surface area (Å²) in [6, 6.07) is 8.04. The van der Waals surface area contributed by atoms with Crippen LogP contribution in [0.25, 0.3) is 11.1 Å². The van der Waals surface area contributed by atoms with E-state index < -0.39 is 6.10 Å². The van der Waals surface area contributed by atoms with Crippen LogP contribution >= 0.6 is 0 Å². The molecule has 0 aliphatic heterocycles. The van der Waals surface area contributed by atoms with Crippen LogP contribution in [0, 0.1) is 5.92 Å². The summed E-state index contributed by atoms with van der Waals surface area (Å²) in [5.74, 6) is 0.219. The van der Waals surface area contributed by atoms with Gasteiger partial charge < -0.3 is 14.8 Å². The molecule has 2 rings (SSSR count). The number of nitrogens with one attached hydrogen (secondary N) is 1. The van der Waals surface area contributed by atoms with Crippen molar-refractivity contribution in [3.05, 3.63) is 24.3 Å². The minimum atomic E-state index is -0.394. The predicted octanol–water partition coefficient (Wildman–Crippen LogP) is 2.26. The standard InChI is InChI=1S/C12H16N2O2/c1-8(2)10(15)7-13-12-14-9-5-3-4-6-11(9)16-12/h3-6,8,10,15H,7H2,1-2H3,(H,13,14). The molecule has 1 heterocycles. The van der Waals surface area contributed by atoms with Crippen LogP contribution in [-0.2, 0) is 0 Å². The van der Waals surface area contributed by atoms with E-state index in [1.54, 1.807) is 0 Å². The third-order valence-electron chi connectivity index (χ3n) is 2.53. The zero-order chi connectivity index (χ0) is 11.5. The molecule has 2 aromatic rings. The monoisotopic (exact) mass is 220 g/mol. The van der Waals surface area contributed by atoms with Crippen molar-refractivity contribution in [1.82, 2.24) is 4.98 Å². The molecular formula is C12H16N2O2. The van der Waals surface area contributed by atoms with Crippen LogP contribution in [0.5, 0.6) is 0 Å². The van der Waals surface area contributed by atoms with Crippen LogP contribution in [-0.4, -0.2) is 22.7 Å². The Morgan fingerprint density at radius 1 is 1.38 bits per heavy atom. The fourth-order valence-corrected chi connectivity index (χ4v) is 1.38. The van der Waals surface area contributed by atoms with Crippen molar-refractivity contribution in [3.63, 3.8) is 0 Å². The quantitative estimate of drug-likeness (QED) is 0.829. The van der Waals surface area contributed by atoms with E-state index in [-0.39, 0.29) is 5.92 Å². The number of fused-ring (bicyclic) bond motifs is 1. The van der Waals surface area contributed by atoms with Crippen molar-refractivity contribution >= 4 is 17.1 Å². The summed E-state index contributed by atoms with van der Waals surface area (Å²) in [7, 11) is 0. The maximum atomic E-state index is 9.63. The number of aliphatic hydroxyl groups is 1. The van der Waals surface area contributed by atoms with Gasteiger partial charge in [0.15, 0.2) is 5.58 Å². The van der Waals surface area contributed by atoms with Gasteiger partial charge in [-0.25, -0.2) is 0 Å².